The largest absolute Gasteiger partial charge is 0.480 e. The molecule has 1 aromatic heterocycles. The number of aromatic nitrogens is 1. The Labute approximate surface area is 108 Å². The molecule has 1 aliphatic heterocycles. The molecule has 0 saturated carbocycles. The fraction of sp³-hybridized carbons (Fsp3) is 0.333. The van der Waals surface area contributed by atoms with Gasteiger partial charge >= 0.3 is 5.97 Å². The van der Waals surface area contributed by atoms with Crippen molar-refractivity contribution < 1.29 is 14.3 Å². The lowest BCUT2D eigenvalue weighted by molar-refractivity contribution is -0.138. The number of nitrogens with zero attached hydrogens (tertiary/aromatic N) is 2. The molecule has 2 aromatic rings. The van der Waals surface area contributed by atoms with Crippen LogP contribution in [0.1, 0.15) is 0 Å². The molecule has 3 rings (SSSR count). The molecule has 0 amide bonds. The van der Waals surface area contributed by atoms with Gasteiger partial charge in [-0.05, 0) is 12.1 Å². The van der Waals surface area contributed by atoms with Gasteiger partial charge in [-0.15, -0.1) is 0 Å². The standard InChI is InChI=1S/C12H12N2O3S/c15-11(16)9-7-18-6-5-14(9)12-13-8-3-1-2-4-10(8)17-12/h1-4,9H,5-7H2,(H,15,16). The van der Waals surface area contributed by atoms with Crippen molar-refractivity contribution >= 4 is 34.8 Å². The Balaban J connectivity index is 1.98. The number of hydrogen-bond donors (Lipinski definition) is 1. The van der Waals surface area contributed by atoms with Gasteiger partial charge in [0.1, 0.15) is 11.6 Å². The van der Waals surface area contributed by atoms with Gasteiger partial charge in [-0.2, -0.15) is 16.7 Å². The molecule has 0 aliphatic carbocycles. The summed E-state index contributed by atoms with van der Waals surface area (Å²) in [6.45, 7) is 0.647. The predicted molar refractivity (Wildman–Crippen MR) is 70.1 cm³/mol. The van der Waals surface area contributed by atoms with Crippen molar-refractivity contribution in [3.63, 3.8) is 0 Å². The first kappa shape index (κ1) is 11.4. The Kier molecular flexibility index (Phi) is 2.87. The van der Waals surface area contributed by atoms with Crippen LogP contribution in [0.25, 0.3) is 11.1 Å². The third-order valence-electron chi connectivity index (χ3n) is 2.94. The predicted octanol–water partition coefficient (Wildman–Crippen LogP) is 1.83. The zero-order valence-corrected chi connectivity index (χ0v) is 10.4. The van der Waals surface area contributed by atoms with Crippen molar-refractivity contribution in [1.82, 2.24) is 4.98 Å². The van der Waals surface area contributed by atoms with E-state index in [-0.39, 0.29) is 0 Å². The second kappa shape index (κ2) is 4.53. The number of fused-ring (bicyclic) bond motifs is 1. The van der Waals surface area contributed by atoms with Crippen molar-refractivity contribution in [2.75, 3.05) is 23.0 Å². The second-order valence-electron chi connectivity index (χ2n) is 4.09. The van der Waals surface area contributed by atoms with Crippen molar-refractivity contribution in [1.29, 1.82) is 0 Å². The number of carbonyl (C=O) groups is 1. The highest BCUT2D eigenvalue weighted by atomic mass is 32.2. The van der Waals surface area contributed by atoms with E-state index < -0.39 is 12.0 Å². The van der Waals surface area contributed by atoms with E-state index in [4.69, 9.17) is 4.42 Å². The van der Waals surface area contributed by atoms with Crippen LogP contribution in [0.4, 0.5) is 6.01 Å². The van der Waals surface area contributed by atoms with Gasteiger partial charge in [-0.3, -0.25) is 0 Å². The van der Waals surface area contributed by atoms with Crippen molar-refractivity contribution in [3.8, 4) is 0 Å². The summed E-state index contributed by atoms with van der Waals surface area (Å²) in [6, 6.07) is 7.30. The summed E-state index contributed by atoms with van der Waals surface area (Å²) in [5.74, 6) is 0.626. The molecule has 1 aromatic carbocycles. The fourth-order valence-corrected chi connectivity index (χ4v) is 3.06. The number of para-hydroxylation sites is 2. The molecule has 1 atom stereocenters. The van der Waals surface area contributed by atoms with Crippen LogP contribution in [0.5, 0.6) is 0 Å². The molecule has 6 heteroatoms. The lowest BCUT2D eigenvalue weighted by Crippen LogP contribution is -2.47. The third-order valence-corrected chi connectivity index (χ3v) is 3.96. The summed E-state index contributed by atoms with van der Waals surface area (Å²) in [4.78, 5) is 17.3. The van der Waals surface area contributed by atoms with Crippen molar-refractivity contribution in [2.45, 2.75) is 6.04 Å². The van der Waals surface area contributed by atoms with Crippen LogP contribution >= 0.6 is 11.8 Å². The first-order chi connectivity index (χ1) is 8.75. The summed E-state index contributed by atoms with van der Waals surface area (Å²) >= 11 is 1.64. The minimum Gasteiger partial charge on any atom is -0.480 e. The quantitative estimate of drug-likeness (QED) is 0.892. The zero-order valence-electron chi connectivity index (χ0n) is 9.57. The highest BCUT2D eigenvalue weighted by molar-refractivity contribution is 7.99. The van der Waals surface area contributed by atoms with E-state index in [1.165, 1.54) is 0 Å². The lowest BCUT2D eigenvalue weighted by atomic mass is 10.3. The number of thioether (sulfide) groups is 1. The number of aliphatic carboxylic acids is 1. The molecule has 94 valence electrons. The number of carboxylic acid groups (broad SMARTS) is 1. The van der Waals surface area contributed by atoms with Crippen molar-refractivity contribution in [3.05, 3.63) is 24.3 Å². The first-order valence-corrected chi connectivity index (χ1v) is 6.84. The van der Waals surface area contributed by atoms with Crippen LogP contribution in [0.15, 0.2) is 28.7 Å². The first-order valence-electron chi connectivity index (χ1n) is 5.68. The highest BCUT2D eigenvalue weighted by Gasteiger charge is 2.31. The fourth-order valence-electron chi connectivity index (χ4n) is 2.02. The minimum absolute atomic E-state index is 0.406. The molecule has 1 fully saturated rings. The number of rotatable bonds is 2. The molecule has 1 N–H and O–H groups in total. The number of anilines is 1. The summed E-state index contributed by atoms with van der Waals surface area (Å²) < 4.78 is 5.63. The monoisotopic (exact) mass is 264 g/mol. The highest BCUT2D eigenvalue weighted by Crippen LogP contribution is 2.27. The second-order valence-corrected chi connectivity index (χ2v) is 5.24. The maximum absolute atomic E-state index is 11.2. The van der Waals surface area contributed by atoms with E-state index >= 15 is 0 Å². The summed E-state index contributed by atoms with van der Waals surface area (Å²) in [6.07, 6.45) is 0. The SMILES string of the molecule is O=C(O)C1CSCCN1c1nc2ccccc2o1. The average Bonchev–Trinajstić information content (AvgIpc) is 2.82. The molecule has 5 nitrogen and oxygen atoms in total. The smallest absolute Gasteiger partial charge is 0.327 e. The summed E-state index contributed by atoms with van der Waals surface area (Å²) in [5, 5.41) is 9.22. The molecule has 2 heterocycles. The summed E-state index contributed by atoms with van der Waals surface area (Å²) in [5.41, 5.74) is 1.45. The van der Waals surface area contributed by atoms with Gasteiger partial charge in [0, 0.05) is 18.1 Å². The Hall–Kier alpha value is -1.69. The van der Waals surface area contributed by atoms with Gasteiger partial charge in [0.25, 0.3) is 6.01 Å². The number of benzene rings is 1. The van der Waals surface area contributed by atoms with Gasteiger partial charge in [0.2, 0.25) is 0 Å². The van der Waals surface area contributed by atoms with Crippen LogP contribution in [-0.4, -0.2) is 40.2 Å². The maximum atomic E-state index is 11.2. The van der Waals surface area contributed by atoms with Crippen LogP contribution in [0, 0.1) is 0 Å². The lowest BCUT2D eigenvalue weighted by Gasteiger charge is -2.30. The van der Waals surface area contributed by atoms with E-state index in [0.717, 1.165) is 11.3 Å². The van der Waals surface area contributed by atoms with E-state index in [1.807, 2.05) is 24.3 Å². The normalized spacial score (nSPS) is 20.2. The maximum Gasteiger partial charge on any atom is 0.327 e. The van der Waals surface area contributed by atoms with Crippen LogP contribution in [0.2, 0.25) is 0 Å². The van der Waals surface area contributed by atoms with Gasteiger partial charge in [0.15, 0.2) is 5.58 Å². The van der Waals surface area contributed by atoms with Gasteiger partial charge in [-0.25, -0.2) is 4.79 Å². The molecule has 0 bridgehead atoms. The van der Waals surface area contributed by atoms with Gasteiger partial charge < -0.3 is 14.4 Å². The van der Waals surface area contributed by atoms with E-state index in [1.54, 1.807) is 16.7 Å². The molecule has 18 heavy (non-hydrogen) atoms. The van der Waals surface area contributed by atoms with E-state index in [0.29, 0.717) is 23.9 Å². The molecule has 1 unspecified atom stereocenters. The van der Waals surface area contributed by atoms with Crippen LogP contribution in [0.3, 0.4) is 0 Å². The Bertz CT molecular complexity index is 550. The molecular formula is C12H12N2O3S. The molecular weight excluding hydrogens is 252 g/mol. The van der Waals surface area contributed by atoms with Gasteiger partial charge in [-0.1, -0.05) is 12.1 Å². The number of oxazole rings is 1. The number of carboxylic acids is 1. The van der Waals surface area contributed by atoms with E-state index in [2.05, 4.69) is 4.98 Å². The number of hydrogen-bond acceptors (Lipinski definition) is 5. The Morgan fingerprint density at radius 1 is 1.50 bits per heavy atom. The van der Waals surface area contributed by atoms with Crippen LogP contribution in [-0.2, 0) is 4.79 Å². The topological polar surface area (TPSA) is 66.6 Å². The molecule has 0 radical (unpaired) electrons. The van der Waals surface area contributed by atoms with Gasteiger partial charge in [0.05, 0.1) is 0 Å². The Morgan fingerprint density at radius 3 is 3.11 bits per heavy atom. The summed E-state index contributed by atoms with van der Waals surface area (Å²) in [7, 11) is 0. The zero-order chi connectivity index (χ0) is 12.5. The Morgan fingerprint density at radius 2 is 2.33 bits per heavy atom. The van der Waals surface area contributed by atoms with Crippen LogP contribution < -0.4 is 4.90 Å². The van der Waals surface area contributed by atoms with E-state index in [9.17, 15) is 9.90 Å². The molecule has 1 aliphatic rings. The minimum atomic E-state index is -0.829. The van der Waals surface area contributed by atoms with Crippen molar-refractivity contribution in [2.24, 2.45) is 0 Å². The average molecular weight is 264 g/mol. The molecule has 0 spiro atoms. The third kappa shape index (κ3) is 1.92. The molecule has 1 saturated heterocycles.